The molecular formula is C12H17NO2. The lowest BCUT2D eigenvalue weighted by molar-refractivity contribution is 0.0768. The van der Waals surface area contributed by atoms with Crippen LogP contribution in [0.1, 0.15) is 18.5 Å². The van der Waals surface area contributed by atoms with Gasteiger partial charge in [0.25, 0.3) is 0 Å². The quantitative estimate of drug-likeness (QED) is 0.819. The van der Waals surface area contributed by atoms with Crippen LogP contribution in [-0.2, 0) is 4.74 Å². The third kappa shape index (κ3) is 2.70. The molecule has 1 aromatic rings. The molecule has 2 rings (SSSR count). The summed E-state index contributed by atoms with van der Waals surface area (Å²) in [4.78, 5) is 0. The minimum atomic E-state index is 0.328. The fraction of sp³-hybridized carbons (Fsp3) is 0.500. The third-order valence-corrected chi connectivity index (χ3v) is 2.52. The van der Waals surface area contributed by atoms with Gasteiger partial charge in [0, 0.05) is 6.54 Å². The van der Waals surface area contributed by atoms with Gasteiger partial charge in [-0.25, -0.2) is 0 Å². The predicted octanol–water partition coefficient (Wildman–Crippen LogP) is 1.75. The van der Waals surface area contributed by atoms with E-state index in [1.54, 1.807) is 0 Å². The van der Waals surface area contributed by atoms with Gasteiger partial charge in [-0.15, -0.1) is 0 Å². The second-order valence-corrected chi connectivity index (χ2v) is 3.58. The van der Waals surface area contributed by atoms with E-state index in [2.05, 4.69) is 17.4 Å². The van der Waals surface area contributed by atoms with E-state index in [1.165, 1.54) is 5.56 Å². The van der Waals surface area contributed by atoms with Crippen LogP contribution in [0.2, 0.25) is 0 Å². The molecule has 1 fully saturated rings. The van der Waals surface area contributed by atoms with E-state index in [9.17, 15) is 0 Å². The first-order valence-electron chi connectivity index (χ1n) is 5.44. The van der Waals surface area contributed by atoms with E-state index >= 15 is 0 Å². The number of morpholine rings is 1. The zero-order chi connectivity index (χ0) is 10.5. The molecule has 0 radical (unpaired) electrons. The molecule has 0 aromatic heterocycles. The van der Waals surface area contributed by atoms with Gasteiger partial charge in [0.1, 0.15) is 5.75 Å². The van der Waals surface area contributed by atoms with Crippen LogP contribution in [0.15, 0.2) is 24.3 Å². The van der Waals surface area contributed by atoms with Crippen molar-refractivity contribution >= 4 is 0 Å². The van der Waals surface area contributed by atoms with E-state index in [0.29, 0.717) is 12.6 Å². The van der Waals surface area contributed by atoms with Crippen LogP contribution in [0.3, 0.4) is 0 Å². The van der Waals surface area contributed by atoms with Crippen molar-refractivity contribution in [1.82, 2.24) is 5.32 Å². The van der Waals surface area contributed by atoms with E-state index in [1.807, 2.05) is 19.1 Å². The summed E-state index contributed by atoms with van der Waals surface area (Å²) in [5.74, 6) is 0.929. The molecule has 15 heavy (non-hydrogen) atoms. The zero-order valence-corrected chi connectivity index (χ0v) is 9.03. The highest BCUT2D eigenvalue weighted by Gasteiger charge is 2.14. The molecule has 0 aliphatic carbocycles. The second-order valence-electron chi connectivity index (χ2n) is 3.58. The Hall–Kier alpha value is -1.06. The molecule has 3 heteroatoms. The maximum Gasteiger partial charge on any atom is 0.119 e. The monoisotopic (exact) mass is 207 g/mol. The highest BCUT2D eigenvalue weighted by atomic mass is 16.5. The summed E-state index contributed by atoms with van der Waals surface area (Å²) in [6, 6.07) is 8.54. The minimum Gasteiger partial charge on any atom is -0.494 e. The van der Waals surface area contributed by atoms with Gasteiger partial charge < -0.3 is 14.8 Å². The average molecular weight is 207 g/mol. The van der Waals surface area contributed by atoms with Gasteiger partial charge >= 0.3 is 0 Å². The van der Waals surface area contributed by atoms with Crippen LogP contribution < -0.4 is 10.1 Å². The summed E-state index contributed by atoms with van der Waals surface area (Å²) in [5.41, 5.74) is 1.26. The van der Waals surface area contributed by atoms with Crippen LogP contribution in [0, 0.1) is 0 Å². The Bertz CT molecular complexity index is 291. The number of rotatable bonds is 3. The Labute approximate surface area is 90.4 Å². The molecular weight excluding hydrogens is 190 g/mol. The lowest BCUT2D eigenvalue weighted by Crippen LogP contribution is -2.34. The zero-order valence-electron chi connectivity index (χ0n) is 9.03. The Kier molecular flexibility index (Phi) is 3.59. The molecule has 1 atom stereocenters. The fourth-order valence-electron chi connectivity index (χ4n) is 1.74. The Morgan fingerprint density at radius 3 is 2.80 bits per heavy atom. The van der Waals surface area contributed by atoms with E-state index < -0.39 is 0 Å². The molecule has 1 aromatic carbocycles. The molecule has 1 N–H and O–H groups in total. The van der Waals surface area contributed by atoms with Crippen LogP contribution in [-0.4, -0.2) is 26.4 Å². The van der Waals surface area contributed by atoms with E-state index in [-0.39, 0.29) is 0 Å². The van der Waals surface area contributed by atoms with Gasteiger partial charge in [0.15, 0.2) is 0 Å². The van der Waals surface area contributed by atoms with Gasteiger partial charge in [-0.1, -0.05) is 12.1 Å². The third-order valence-electron chi connectivity index (χ3n) is 2.52. The average Bonchev–Trinajstić information content (AvgIpc) is 2.32. The lowest BCUT2D eigenvalue weighted by Gasteiger charge is -2.24. The largest absolute Gasteiger partial charge is 0.494 e. The van der Waals surface area contributed by atoms with Gasteiger partial charge in [-0.2, -0.15) is 0 Å². The second kappa shape index (κ2) is 5.14. The summed E-state index contributed by atoms with van der Waals surface area (Å²) in [6.07, 6.45) is 0. The highest BCUT2D eigenvalue weighted by molar-refractivity contribution is 5.29. The summed E-state index contributed by atoms with van der Waals surface area (Å²) in [7, 11) is 0. The Balaban J connectivity index is 2.02. The SMILES string of the molecule is CCOc1ccc([C@H]2COCCN2)cc1. The van der Waals surface area contributed by atoms with Gasteiger partial charge in [0.05, 0.1) is 25.9 Å². The van der Waals surface area contributed by atoms with Crippen molar-refractivity contribution in [3.63, 3.8) is 0 Å². The van der Waals surface area contributed by atoms with Crippen molar-refractivity contribution in [2.45, 2.75) is 13.0 Å². The molecule has 0 spiro atoms. The van der Waals surface area contributed by atoms with Gasteiger partial charge in [0.2, 0.25) is 0 Å². The normalized spacial score (nSPS) is 21.3. The van der Waals surface area contributed by atoms with Crippen molar-refractivity contribution in [2.75, 3.05) is 26.4 Å². The first kappa shape index (κ1) is 10.5. The standard InChI is InChI=1S/C12H17NO2/c1-2-15-11-5-3-10(4-6-11)12-9-14-8-7-13-12/h3-6,12-13H,2,7-9H2,1H3/t12-/m1/s1. The first-order chi connectivity index (χ1) is 7.40. The smallest absolute Gasteiger partial charge is 0.119 e. The van der Waals surface area contributed by atoms with E-state index in [0.717, 1.165) is 25.5 Å². The van der Waals surface area contributed by atoms with Crippen molar-refractivity contribution in [2.24, 2.45) is 0 Å². The maximum atomic E-state index is 5.42. The predicted molar refractivity (Wildman–Crippen MR) is 59.2 cm³/mol. The van der Waals surface area contributed by atoms with Crippen LogP contribution >= 0.6 is 0 Å². The molecule has 3 nitrogen and oxygen atoms in total. The molecule has 1 heterocycles. The number of ether oxygens (including phenoxy) is 2. The van der Waals surface area contributed by atoms with Crippen molar-refractivity contribution < 1.29 is 9.47 Å². The van der Waals surface area contributed by atoms with E-state index in [4.69, 9.17) is 9.47 Å². The van der Waals surface area contributed by atoms with Crippen LogP contribution in [0.5, 0.6) is 5.75 Å². The summed E-state index contributed by atoms with van der Waals surface area (Å²) in [5, 5.41) is 3.42. The fourth-order valence-corrected chi connectivity index (χ4v) is 1.74. The Morgan fingerprint density at radius 2 is 2.20 bits per heavy atom. The molecule has 1 saturated heterocycles. The first-order valence-corrected chi connectivity index (χ1v) is 5.44. The van der Waals surface area contributed by atoms with Crippen LogP contribution in [0.25, 0.3) is 0 Å². The van der Waals surface area contributed by atoms with Crippen molar-refractivity contribution in [3.05, 3.63) is 29.8 Å². The number of benzene rings is 1. The maximum absolute atomic E-state index is 5.42. The summed E-state index contributed by atoms with van der Waals surface area (Å²) in [6.45, 7) is 5.20. The summed E-state index contributed by atoms with van der Waals surface area (Å²) < 4.78 is 10.8. The van der Waals surface area contributed by atoms with Crippen LogP contribution in [0.4, 0.5) is 0 Å². The molecule has 0 amide bonds. The molecule has 1 aliphatic rings. The van der Waals surface area contributed by atoms with Crippen molar-refractivity contribution in [1.29, 1.82) is 0 Å². The van der Waals surface area contributed by atoms with Gasteiger partial charge in [-0.05, 0) is 24.6 Å². The summed E-state index contributed by atoms with van der Waals surface area (Å²) >= 11 is 0. The van der Waals surface area contributed by atoms with Gasteiger partial charge in [-0.3, -0.25) is 0 Å². The number of hydrogen-bond acceptors (Lipinski definition) is 3. The molecule has 0 saturated carbocycles. The molecule has 82 valence electrons. The lowest BCUT2D eigenvalue weighted by atomic mass is 10.1. The Morgan fingerprint density at radius 1 is 1.40 bits per heavy atom. The highest BCUT2D eigenvalue weighted by Crippen LogP contribution is 2.19. The minimum absolute atomic E-state index is 0.328. The number of nitrogens with one attached hydrogen (secondary N) is 1. The topological polar surface area (TPSA) is 30.5 Å². The molecule has 1 aliphatic heterocycles. The number of hydrogen-bond donors (Lipinski definition) is 1. The molecule has 0 bridgehead atoms. The van der Waals surface area contributed by atoms with Crippen molar-refractivity contribution in [3.8, 4) is 5.75 Å². The molecule has 0 unspecified atom stereocenters.